The summed E-state index contributed by atoms with van der Waals surface area (Å²) in [5.74, 6) is -0.189. The van der Waals surface area contributed by atoms with Crippen molar-refractivity contribution in [3.63, 3.8) is 0 Å². The van der Waals surface area contributed by atoms with Crippen LogP contribution in [0.15, 0.2) is 54.6 Å². The van der Waals surface area contributed by atoms with E-state index >= 15 is 0 Å². The number of rotatable bonds is 8. The third-order valence-electron chi connectivity index (χ3n) is 3.32. The van der Waals surface area contributed by atoms with Gasteiger partial charge in [0.2, 0.25) is 0 Å². The van der Waals surface area contributed by atoms with Gasteiger partial charge in [-0.1, -0.05) is 30.3 Å². The van der Waals surface area contributed by atoms with Gasteiger partial charge in [0, 0.05) is 0 Å². The number of benzene rings is 2. The maximum Gasteiger partial charge on any atom is 0.335 e. The number of ether oxygens (including phenoxy) is 1. The van der Waals surface area contributed by atoms with Crippen molar-refractivity contribution in [3.8, 4) is 5.75 Å². The Kier molecular flexibility index (Phi) is 5.83. The minimum atomic E-state index is -0.914. The van der Waals surface area contributed by atoms with Crippen molar-refractivity contribution in [1.29, 1.82) is 0 Å². The monoisotopic (exact) mass is 284 g/mol. The predicted molar refractivity (Wildman–Crippen MR) is 82.9 cm³/mol. The van der Waals surface area contributed by atoms with Crippen LogP contribution in [0.4, 0.5) is 0 Å². The summed E-state index contributed by atoms with van der Waals surface area (Å²) in [6, 6.07) is 17.0. The number of hydrogen-bond acceptors (Lipinski definition) is 2. The fourth-order valence-corrected chi connectivity index (χ4v) is 2.14. The minimum Gasteiger partial charge on any atom is -0.494 e. The van der Waals surface area contributed by atoms with Crippen LogP contribution in [0.2, 0.25) is 0 Å². The second-order valence-corrected chi connectivity index (χ2v) is 4.97. The first kappa shape index (κ1) is 15.1. The summed E-state index contributed by atoms with van der Waals surface area (Å²) in [6.07, 6.45) is 4.40. The molecule has 0 saturated heterocycles. The zero-order valence-electron chi connectivity index (χ0n) is 12.0. The number of aromatic carboxylic acids is 1. The highest BCUT2D eigenvalue weighted by atomic mass is 16.5. The first-order valence-corrected chi connectivity index (χ1v) is 7.26. The number of carboxylic acids is 1. The highest BCUT2D eigenvalue weighted by Gasteiger charge is 2.01. The first-order valence-electron chi connectivity index (χ1n) is 7.26. The molecule has 0 heterocycles. The SMILES string of the molecule is O=C(O)c1ccc(OCCCCCc2ccccc2)cc1. The molecule has 0 fully saturated rings. The Morgan fingerprint density at radius 3 is 2.29 bits per heavy atom. The topological polar surface area (TPSA) is 46.5 Å². The summed E-state index contributed by atoms with van der Waals surface area (Å²) in [5.41, 5.74) is 1.66. The molecule has 0 radical (unpaired) electrons. The Labute approximate surface area is 125 Å². The van der Waals surface area contributed by atoms with Gasteiger partial charge in [0.1, 0.15) is 5.75 Å². The van der Waals surface area contributed by atoms with Gasteiger partial charge >= 0.3 is 5.97 Å². The van der Waals surface area contributed by atoms with Gasteiger partial charge in [0.15, 0.2) is 0 Å². The van der Waals surface area contributed by atoms with E-state index in [0.717, 1.165) is 31.4 Å². The second-order valence-electron chi connectivity index (χ2n) is 4.97. The molecule has 2 aromatic carbocycles. The third-order valence-corrected chi connectivity index (χ3v) is 3.32. The average Bonchev–Trinajstić information content (AvgIpc) is 2.52. The van der Waals surface area contributed by atoms with Crippen LogP contribution in [0, 0.1) is 0 Å². The van der Waals surface area contributed by atoms with Crippen LogP contribution in [0.25, 0.3) is 0 Å². The van der Waals surface area contributed by atoms with Crippen molar-refractivity contribution < 1.29 is 14.6 Å². The van der Waals surface area contributed by atoms with Crippen molar-refractivity contribution in [3.05, 3.63) is 65.7 Å². The molecule has 3 nitrogen and oxygen atoms in total. The number of carboxylic acid groups (broad SMARTS) is 1. The van der Waals surface area contributed by atoms with Crippen LogP contribution in [0.1, 0.15) is 35.2 Å². The van der Waals surface area contributed by atoms with Crippen LogP contribution in [0.3, 0.4) is 0 Å². The molecule has 0 saturated carbocycles. The lowest BCUT2D eigenvalue weighted by molar-refractivity contribution is 0.0697. The van der Waals surface area contributed by atoms with Crippen molar-refractivity contribution in [2.45, 2.75) is 25.7 Å². The minimum absolute atomic E-state index is 0.283. The first-order chi connectivity index (χ1) is 10.3. The van der Waals surface area contributed by atoms with Crippen LogP contribution < -0.4 is 4.74 Å². The van der Waals surface area contributed by atoms with Crippen molar-refractivity contribution in [2.24, 2.45) is 0 Å². The van der Waals surface area contributed by atoms with Gasteiger partial charge < -0.3 is 9.84 Å². The Morgan fingerprint density at radius 2 is 1.62 bits per heavy atom. The van der Waals surface area contributed by atoms with Gasteiger partial charge in [0.25, 0.3) is 0 Å². The van der Waals surface area contributed by atoms with Gasteiger partial charge in [-0.05, 0) is 55.5 Å². The van der Waals surface area contributed by atoms with E-state index in [2.05, 4.69) is 24.3 Å². The molecule has 2 aromatic rings. The van der Waals surface area contributed by atoms with Crippen LogP contribution in [-0.4, -0.2) is 17.7 Å². The van der Waals surface area contributed by atoms with E-state index in [-0.39, 0.29) is 5.56 Å². The molecular formula is C18H20O3. The van der Waals surface area contributed by atoms with Crippen LogP contribution in [-0.2, 0) is 6.42 Å². The molecule has 0 unspecified atom stereocenters. The molecule has 21 heavy (non-hydrogen) atoms. The maximum atomic E-state index is 10.7. The maximum absolute atomic E-state index is 10.7. The summed E-state index contributed by atoms with van der Waals surface area (Å²) in [6.45, 7) is 0.668. The van der Waals surface area contributed by atoms with Crippen LogP contribution >= 0.6 is 0 Å². The number of aryl methyl sites for hydroxylation is 1. The van der Waals surface area contributed by atoms with Gasteiger partial charge in [-0.3, -0.25) is 0 Å². The fourth-order valence-electron chi connectivity index (χ4n) is 2.14. The number of unbranched alkanes of at least 4 members (excludes halogenated alkanes) is 2. The Morgan fingerprint density at radius 1 is 0.905 bits per heavy atom. The van der Waals surface area contributed by atoms with E-state index in [1.54, 1.807) is 24.3 Å². The van der Waals surface area contributed by atoms with Crippen molar-refractivity contribution in [2.75, 3.05) is 6.61 Å². The summed E-state index contributed by atoms with van der Waals surface area (Å²) >= 11 is 0. The molecule has 0 bridgehead atoms. The van der Waals surface area contributed by atoms with Crippen LogP contribution in [0.5, 0.6) is 5.75 Å². The molecule has 0 aliphatic heterocycles. The normalized spacial score (nSPS) is 10.3. The zero-order valence-corrected chi connectivity index (χ0v) is 12.0. The molecule has 0 atom stereocenters. The molecule has 0 amide bonds. The lowest BCUT2D eigenvalue weighted by Crippen LogP contribution is -1.99. The lowest BCUT2D eigenvalue weighted by atomic mass is 10.1. The number of hydrogen-bond donors (Lipinski definition) is 1. The van der Waals surface area contributed by atoms with E-state index in [1.165, 1.54) is 5.56 Å². The predicted octanol–water partition coefficient (Wildman–Crippen LogP) is 4.18. The van der Waals surface area contributed by atoms with E-state index in [4.69, 9.17) is 9.84 Å². The molecule has 2 rings (SSSR count). The standard InChI is InChI=1S/C18H20O3/c19-18(20)16-10-12-17(13-11-16)21-14-6-2-5-9-15-7-3-1-4-8-15/h1,3-4,7-8,10-13H,2,5-6,9,14H2,(H,19,20). The summed E-state index contributed by atoms with van der Waals surface area (Å²) in [7, 11) is 0. The lowest BCUT2D eigenvalue weighted by Gasteiger charge is -2.06. The van der Waals surface area contributed by atoms with E-state index in [9.17, 15) is 4.79 Å². The molecule has 0 aliphatic rings. The smallest absolute Gasteiger partial charge is 0.335 e. The molecular weight excluding hydrogens is 264 g/mol. The zero-order chi connectivity index (χ0) is 14.9. The fraction of sp³-hybridized carbons (Fsp3) is 0.278. The van der Waals surface area contributed by atoms with Gasteiger partial charge in [0.05, 0.1) is 12.2 Å². The molecule has 0 aromatic heterocycles. The van der Waals surface area contributed by atoms with Crippen molar-refractivity contribution in [1.82, 2.24) is 0 Å². The molecule has 110 valence electrons. The Hall–Kier alpha value is -2.29. The van der Waals surface area contributed by atoms with E-state index in [0.29, 0.717) is 6.61 Å². The van der Waals surface area contributed by atoms with E-state index in [1.807, 2.05) is 6.07 Å². The van der Waals surface area contributed by atoms with Gasteiger partial charge in [-0.25, -0.2) is 4.79 Å². The highest BCUT2D eigenvalue weighted by Crippen LogP contribution is 2.13. The summed E-state index contributed by atoms with van der Waals surface area (Å²) in [5, 5.41) is 8.80. The Balaban J connectivity index is 1.60. The number of carbonyl (C=O) groups is 1. The Bertz CT molecular complexity index is 546. The molecule has 0 aliphatic carbocycles. The van der Waals surface area contributed by atoms with E-state index < -0.39 is 5.97 Å². The van der Waals surface area contributed by atoms with Gasteiger partial charge in [-0.2, -0.15) is 0 Å². The molecule has 0 spiro atoms. The quantitative estimate of drug-likeness (QED) is 0.740. The second kappa shape index (κ2) is 8.10. The highest BCUT2D eigenvalue weighted by molar-refractivity contribution is 5.87. The van der Waals surface area contributed by atoms with Crippen molar-refractivity contribution >= 4 is 5.97 Å². The molecule has 1 N–H and O–H groups in total. The van der Waals surface area contributed by atoms with Gasteiger partial charge in [-0.15, -0.1) is 0 Å². The average molecular weight is 284 g/mol. The largest absolute Gasteiger partial charge is 0.494 e. The molecule has 3 heteroatoms. The third kappa shape index (κ3) is 5.30. The summed E-state index contributed by atoms with van der Waals surface area (Å²) in [4.78, 5) is 10.7. The summed E-state index contributed by atoms with van der Waals surface area (Å²) < 4.78 is 5.60.